The zero-order valence-electron chi connectivity index (χ0n) is 15.3. The molecule has 3 nitrogen and oxygen atoms in total. The van der Waals surface area contributed by atoms with Gasteiger partial charge >= 0.3 is 0 Å². The minimum atomic E-state index is -0.303. The van der Waals surface area contributed by atoms with Gasteiger partial charge in [0.1, 0.15) is 22.5 Å². The molecule has 0 spiro atoms. The van der Waals surface area contributed by atoms with E-state index in [4.69, 9.17) is 0 Å². The van der Waals surface area contributed by atoms with Gasteiger partial charge in [0.25, 0.3) is 0 Å². The lowest BCUT2D eigenvalue weighted by Gasteiger charge is -2.03. The van der Waals surface area contributed by atoms with Crippen LogP contribution < -0.4 is 5.32 Å². The standard InChI is InChI=1S/C24H16FN3S/c25-21-10-12-22(13-11-21)27-15-20(14-26)24-28-23(16-29-24)19-8-6-18(7-9-19)17-4-2-1-3-5-17/h1-13,15-16,27H. The zero-order chi connectivity index (χ0) is 20.1. The molecule has 3 aromatic carbocycles. The van der Waals surface area contributed by atoms with Gasteiger partial charge in [0.05, 0.1) is 5.69 Å². The maximum atomic E-state index is 13.0. The second-order valence-electron chi connectivity index (χ2n) is 6.30. The molecule has 1 N–H and O–H groups in total. The van der Waals surface area contributed by atoms with E-state index in [1.807, 2.05) is 35.7 Å². The summed E-state index contributed by atoms with van der Waals surface area (Å²) in [6.45, 7) is 0. The number of benzene rings is 3. The molecule has 1 aromatic heterocycles. The van der Waals surface area contributed by atoms with E-state index >= 15 is 0 Å². The molecule has 0 aliphatic heterocycles. The lowest BCUT2D eigenvalue weighted by Crippen LogP contribution is -1.91. The Morgan fingerprint density at radius 3 is 2.24 bits per heavy atom. The van der Waals surface area contributed by atoms with Crippen LogP contribution in [0.1, 0.15) is 5.01 Å². The summed E-state index contributed by atoms with van der Waals surface area (Å²) in [6.07, 6.45) is 1.59. The van der Waals surface area contributed by atoms with Crippen LogP contribution in [0.5, 0.6) is 0 Å². The van der Waals surface area contributed by atoms with E-state index in [-0.39, 0.29) is 5.82 Å². The van der Waals surface area contributed by atoms with Crippen molar-refractivity contribution < 1.29 is 4.39 Å². The average Bonchev–Trinajstić information content (AvgIpc) is 3.26. The third-order valence-corrected chi connectivity index (χ3v) is 5.25. The van der Waals surface area contributed by atoms with Crippen LogP contribution >= 0.6 is 11.3 Å². The summed E-state index contributed by atoms with van der Waals surface area (Å²) >= 11 is 1.41. The van der Waals surface area contributed by atoms with Gasteiger partial charge in [-0.05, 0) is 35.4 Å². The van der Waals surface area contributed by atoms with Crippen molar-refractivity contribution in [2.75, 3.05) is 5.32 Å². The van der Waals surface area contributed by atoms with Crippen LogP contribution in [0, 0.1) is 17.1 Å². The van der Waals surface area contributed by atoms with Crippen molar-refractivity contribution in [2.24, 2.45) is 0 Å². The third-order valence-electron chi connectivity index (χ3n) is 4.37. The zero-order valence-corrected chi connectivity index (χ0v) is 16.2. The largest absolute Gasteiger partial charge is 0.360 e. The second-order valence-corrected chi connectivity index (χ2v) is 7.16. The fourth-order valence-corrected chi connectivity index (χ4v) is 3.63. The Labute approximate surface area is 172 Å². The number of anilines is 1. The van der Waals surface area contributed by atoms with Gasteiger partial charge in [-0.3, -0.25) is 0 Å². The molecule has 0 bridgehead atoms. The van der Waals surface area contributed by atoms with Crippen molar-refractivity contribution in [1.82, 2.24) is 4.98 Å². The molecular formula is C24H16FN3S. The molecule has 0 amide bonds. The molecule has 0 saturated heterocycles. The van der Waals surface area contributed by atoms with Crippen molar-refractivity contribution in [3.63, 3.8) is 0 Å². The highest BCUT2D eigenvalue weighted by atomic mass is 32.1. The summed E-state index contributed by atoms with van der Waals surface area (Å²) in [5.41, 5.74) is 5.26. The van der Waals surface area contributed by atoms with Gasteiger partial charge in [-0.2, -0.15) is 5.26 Å². The molecule has 0 radical (unpaired) electrons. The quantitative estimate of drug-likeness (QED) is 0.386. The topological polar surface area (TPSA) is 48.7 Å². The number of hydrogen-bond acceptors (Lipinski definition) is 4. The molecule has 0 fully saturated rings. The molecule has 0 saturated carbocycles. The number of allylic oxidation sites excluding steroid dienone is 1. The third kappa shape index (κ3) is 4.40. The van der Waals surface area contributed by atoms with E-state index in [2.05, 4.69) is 40.6 Å². The summed E-state index contributed by atoms with van der Waals surface area (Å²) in [7, 11) is 0. The van der Waals surface area contributed by atoms with Crippen molar-refractivity contribution in [2.45, 2.75) is 0 Å². The Kier molecular flexibility index (Phi) is 5.46. The highest BCUT2D eigenvalue weighted by Crippen LogP contribution is 2.28. The molecule has 0 unspecified atom stereocenters. The van der Waals surface area contributed by atoms with Crippen LogP contribution in [0.25, 0.3) is 28.0 Å². The fourth-order valence-electron chi connectivity index (χ4n) is 2.84. The predicted molar refractivity (Wildman–Crippen MR) is 117 cm³/mol. The van der Waals surface area contributed by atoms with Gasteiger partial charge in [0.2, 0.25) is 0 Å². The van der Waals surface area contributed by atoms with E-state index in [9.17, 15) is 9.65 Å². The van der Waals surface area contributed by atoms with Gasteiger partial charge in [-0.15, -0.1) is 11.3 Å². The molecular weight excluding hydrogens is 381 g/mol. The van der Waals surface area contributed by atoms with Gasteiger partial charge < -0.3 is 5.32 Å². The molecule has 1 heterocycles. The summed E-state index contributed by atoms with van der Waals surface area (Å²) in [4.78, 5) is 4.61. The SMILES string of the molecule is N#CC(=CNc1ccc(F)cc1)c1nc(-c2ccc(-c3ccccc3)cc2)cs1. The molecule has 29 heavy (non-hydrogen) atoms. The molecule has 5 heteroatoms. The van der Waals surface area contributed by atoms with Crippen molar-refractivity contribution >= 4 is 22.6 Å². The minimum absolute atomic E-state index is 0.303. The van der Waals surface area contributed by atoms with Crippen LogP contribution in [0.2, 0.25) is 0 Å². The van der Waals surface area contributed by atoms with Crippen LogP contribution in [0.4, 0.5) is 10.1 Å². The van der Waals surface area contributed by atoms with E-state index in [1.54, 1.807) is 18.3 Å². The Bertz CT molecular complexity index is 1170. The maximum absolute atomic E-state index is 13.0. The highest BCUT2D eigenvalue weighted by Gasteiger charge is 2.09. The highest BCUT2D eigenvalue weighted by molar-refractivity contribution is 7.11. The number of halogens is 1. The fraction of sp³-hybridized carbons (Fsp3) is 0. The van der Waals surface area contributed by atoms with E-state index in [0.717, 1.165) is 16.8 Å². The Morgan fingerprint density at radius 2 is 1.55 bits per heavy atom. The second kappa shape index (κ2) is 8.51. The lowest BCUT2D eigenvalue weighted by atomic mass is 10.0. The van der Waals surface area contributed by atoms with Crippen molar-refractivity contribution in [3.05, 3.63) is 101 Å². The van der Waals surface area contributed by atoms with Crippen molar-refractivity contribution in [1.29, 1.82) is 5.26 Å². The summed E-state index contributed by atoms with van der Waals surface area (Å²) in [5.74, 6) is -0.303. The first-order chi connectivity index (χ1) is 14.2. The first kappa shape index (κ1) is 18.6. The van der Waals surface area contributed by atoms with Crippen LogP contribution in [0.15, 0.2) is 90.4 Å². The number of aromatic nitrogens is 1. The monoisotopic (exact) mass is 397 g/mol. The Hall–Kier alpha value is -3.75. The average molecular weight is 397 g/mol. The van der Waals surface area contributed by atoms with Gasteiger partial charge in [-0.1, -0.05) is 54.6 Å². The summed E-state index contributed by atoms with van der Waals surface area (Å²) in [6, 6.07) is 26.5. The smallest absolute Gasteiger partial charge is 0.136 e. The first-order valence-electron chi connectivity index (χ1n) is 8.97. The minimum Gasteiger partial charge on any atom is -0.360 e. The molecule has 0 aliphatic carbocycles. The molecule has 4 aromatic rings. The summed E-state index contributed by atoms with van der Waals surface area (Å²) in [5, 5.41) is 15.1. The Balaban J connectivity index is 1.53. The number of nitrogens with one attached hydrogen (secondary N) is 1. The number of nitrogens with zero attached hydrogens (tertiary/aromatic N) is 2. The molecule has 140 valence electrons. The molecule has 0 aliphatic rings. The van der Waals surface area contributed by atoms with Crippen LogP contribution in [-0.2, 0) is 0 Å². The number of hydrogen-bond donors (Lipinski definition) is 1. The van der Waals surface area contributed by atoms with E-state index in [1.165, 1.54) is 29.0 Å². The van der Waals surface area contributed by atoms with Gasteiger partial charge in [0.15, 0.2) is 0 Å². The number of thiazole rings is 1. The first-order valence-corrected chi connectivity index (χ1v) is 9.85. The molecule has 4 rings (SSSR count). The van der Waals surface area contributed by atoms with Gasteiger partial charge in [-0.25, -0.2) is 9.37 Å². The maximum Gasteiger partial charge on any atom is 0.136 e. The normalized spacial score (nSPS) is 11.1. The van der Waals surface area contributed by atoms with Crippen molar-refractivity contribution in [3.8, 4) is 28.5 Å². The molecule has 0 atom stereocenters. The van der Waals surface area contributed by atoms with E-state index in [0.29, 0.717) is 16.3 Å². The van der Waals surface area contributed by atoms with Crippen LogP contribution in [0.3, 0.4) is 0 Å². The lowest BCUT2D eigenvalue weighted by molar-refractivity contribution is 0.628. The number of nitriles is 1. The summed E-state index contributed by atoms with van der Waals surface area (Å²) < 4.78 is 13.0. The van der Waals surface area contributed by atoms with Gasteiger partial charge in [0, 0.05) is 22.8 Å². The number of rotatable bonds is 5. The van der Waals surface area contributed by atoms with E-state index < -0.39 is 0 Å². The van der Waals surface area contributed by atoms with Crippen LogP contribution in [-0.4, -0.2) is 4.98 Å². The Morgan fingerprint density at radius 1 is 0.897 bits per heavy atom. The predicted octanol–water partition coefficient (Wildman–Crippen LogP) is 6.59.